The monoisotopic (exact) mass is 508 g/mol. The highest BCUT2D eigenvalue weighted by atomic mass is 32.1. The maximum Gasteiger partial charge on any atom is 0.311 e. The Kier molecular flexibility index (Phi) is 7.18. The lowest BCUT2D eigenvalue weighted by Crippen LogP contribution is -2.34. The maximum absolute atomic E-state index is 12.7. The molecule has 0 bridgehead atoms. The highest BCUT2D eigenvalue weighted by Gasteiger charge is 2.19. The van der Waals surface area contributed by atoms with E-state index in [1.807, 2.05) is 36.4 Å². The van der Waals surface area contributed by atoms with Gasteiger partial charge in [0.25, 0.3) is 5.91 Å². The normalized spacial score (nSPS) is 10.6. The van der Waals surface area contributed by atoms with Gasteiger partial charge >= 0.3 is 5.69 Å². The van der Waals surface area contributed by atoms with Crippen molar-refractivity contribution in [2.45, 2.75) is 6.92 Å². The van der Waals surface area contributed by atoms with Crippen molar-refractivity contribution in [2.75, 3.05) is 19.0 Å². The number of nitro benzene ring substituents is 1. The van der Waals surface area contributed by atoms with Crippen LogP contribution < -0.4 is 20.1 Å². The van der Waals surface area contributed by atoms with Gasteiger partial charge in [0.2, 0.25) is 0 Å². The molecule has 1 aromatic heterocycles. The molecule has 0 aliphatic rings. The van der Waals surface area contributed by atoms with Crippen molar-refractivity contribution in [3.05, 3.63) is 76.3 Å². The number of thiocarbonyl (C=S) groups is 1. The van der Waals surface area contributed by atoms with Crippen LogP contribution in [0.4, 0.5) is 11.4 Å². The van der Waals surface area contributed by atoms with E-state index in [2.05, 4.69) is 15.6 Å². The van der Waals surface area contributed by atoms with Crippen molar-refractivity contribution >= 4 is 56.2 Å². The van der Waals surface area contributed by atoms with E-state index in [1.165, 1.54) is 19.2 Å². The number of hydrogen-bond acceptors (Lipinski definition) is 8. The molecule has 0 fully saturated rings. The Balaban J connectivity index is 1.53. The van der Waals surface area contributed by atoms with Crippen LogP contribution in [0.25, 0.3) is 20.8 Å². The lowest BCUT2D eigenvalue weighted by molar-refractivity contribution is -0.385. The van der Waals surface area contributed by atoms with Gasteiger partial charge in [-0.15, -0.1) is 11.3 Å². The fourth-order valence-electron chi connectivity index (χ4n) is 3.34. The van der Waals surface area contributed by atoms with Gasteiger partial charge in [-0.25, -0.2) is 4.98 Å². The molecule has 3 aromatic carbocycles. The second-order valence-corrected chi connectivity index (χ2v) is 8.62. The summed E-state index contributed by atoms with van der Waals surface area (Å²) in [6.07, 6.45) is 0. The minimum absolute atomic E-state index is 0.00582. The Morgan fingerprint density at radius 3 is 2.63 bits per heavy atom. The lowest BCUT2D eigenvalue weighted by Gasteiger charge is -2.14. The molecule has 9 nitrogen and oxygen atoms in total. The Labute approximate surface area is 209 Å². The van der Waals surface area contributed by atoms with Crippen molar-refractivity contribution < 1.29 is 19.2 Å². The number of nitrogens with one attached hydrogen (secondary N) is 2. The summed E-state index contributed by atoms with van der Waals surface area (Å²) in [7, 11) is 1.53. The Hall–Kier alpha value is -4.09. The van der Waals surface area contributed by atoms with Gasteiger partial charge < -0.3 is 14.8 Å². The number of hydrogen-bond donors (Lipinski definition) is 2. The van der Waals surface area contributed by atoms with Gasteiger partial charge in [-0.2, -0.15) is 0 Å². The summed E-state index contributed by atoms with van der Waals surface area (Å²) in [5.41, 5.74) is 2.06. The number of nitrogens with zero attached hydrogens (tertiary/aromatic N) is 2. The van der Waals surface area contributed by atoms with Gasteiger partial charge in [0.15, 0.2) is 10.9 Å². The van der Waals surface area contributed by atoms with Crippen LogP contribution in [0, 0.1) is 10.1 Å². The van der Waals surface area contributed by atoms with Crippen LogP contribution in [0.1, 0.15) is 17.3 Å². The number of benzene rings is 3. The van der Waals surface area contributed by atoms with Crippen LogP contribution in [0.2, 0.25) is 0 Å². The van der Waals surface area contributed by atoms with Crippen LogP contribution in [-0.2, 0) is 0 Å². The Morgan fingerprint density at radius 2 is 1.91 bits per heavy atom. The highest BCUT2D eigenvalue weighted by molar-refractivity contribution is 7.80. The number of amides is 1. The largest absolute Gasteiger partial charge is 0.495 e. The molecule has 4 aromatic rings. The zero-order chi connectivity index (χ0) is 24.9. The number of para-hydroxylation sites is 1. The molecule has 1 heterocycles. The molecule has 0 radical (unpaired) electrons. The Morgan fingerprint density at radius 1 is 1.14 bits per heavy atom. The molecule has 35 heavy (non-hydrogen) atoms. The number of rotatable bonds is 7. The molecule has 1 amide bonds. The van der Waals surface area contributed by atoms with Gasteiger partial charge in [0.05, 0.1) is 34.5 Å². The molecule has 0 saturated heterocycles. The van der Waals surface area contributed by atoms with E-state index in [1.54, 1.807) is 24.3 Å². The number of anilines is 1. The number of aromatic nitrogens is 1. The van der Waals surface area contributed by atoms with Crippen molar-refractivity contribution in [1.82, 2.24) is 10.3 Å². The van der Waals surface area contributed by atoms with Crippen LogP contribution in [0.5, 0.6) is 11.5 Å². The molecule has 0 spiro atoms. The highest BCUT2D eigenvalue weighted by Crippen LogP contribution is 2.35. The topological polar surface area (TPSA) is 116 Å². The summed E-state index contributed by atoms with van der Waals surface area (Å²) in [5.74, 6) is 0.00394. The van der Waals surface area contributed by atoms with Crippen molar-refractivity contribution in [1.29, 1.82) is 0 Å². The van der Waals surface area contributed by atoms with Crippen LogP contribution in [0.15, 0.2) is 60.7 Å². The molecule has 0 aliphatic carbocycles. The molecular formula is C24H20N4O5S2. The van der Waals surface area contributed by atoms with E-state index in [4.69, 9.17) is 21.7 Å². The molecule has 2 N–H and O–H groups in total. The number of thiazole rings is 1. The van der Waals surface area contributed by atoms with Gasteiger partial charge in [-0.05, 0) is 61.6 Å². The summed E-state index contributed by atoms with van der Waals surface area (Å²) in [4.78, 5) is 28.1. The Bertz CT molecular complexity index is 1400. The molecule has 0 saturated carbocycles. The summed E-state index contributed by atoms with van der Waals surface area (Å²) in [6, 6.07) is 17.3. The van der Waals surface area contributed by atoms with Gasteiger partial charge in [-0.1, -0.05) is 12.1 Å². The van der Waals surface area contributed by atoms with E-state index in [-0.39, 0.29) is 28.7 Å². The van der Waals surface area contributed by atoms with E-state index < -0.39 is 10.8 Å². The van der Waals surface area contributed by atoms with Crippen molar-refractivity contribution in [3.8, 4) is 22.1 Å². The van der Waals surface area contributed by atoms with E-state index in [9.17, 15) is 14.9 Å². The molecule has 11 heteroatoms. The fraction of sp³-hybridized carbons (Fsp3) is 0.125. The molecule has 0 aliphatic heterocycles. The maximum atomic E-state index is 12.7. The van der Waals surface area contributed by atoms with Gasteiger partial charge in [0.1, 0.15) is 10.8 Å². The van der Waals surface area contributed by atoms with E-state index in [0.717, 1.165) is 26.9 Å². The third-order valence-electron chi connectivity index (χ3n) is 4.93. The minimum atomic E-state index is -0.602. The van der Waals surface area contributed by atoms with Crippen LogP contribution in [0.3, 0.4) is 0 Å². The molecule has 4 rings (SSSR count). The quantitative estimate of drug-likeness (QED) is 0.194. The first-order valence-electron chi connectivity index (χ1n) is 10.5. The fourth-order valence-corrected chi connectivity index (χ4v) is 4.51. The van der Waals surface area contributed by atoms with Crippen LogP contribution >= 0.6 is 23.6 Å². The molecular weight excluding hydrogens is 488 g/mol. The zero-order valence-corrected chi connectivity index (χ0v) is 20.4. The van der Waals surface area contributed by atoms with Crippen molar-refractivity contribution in [2.24, 2.45) is 0 Å². The first-order valence-corrected chi connectivity index (χ1v) is 11.7. The summed E-state index contributed by atoms with van der Waals surface area (Å²) < 4.78 is 11.7. The summed E-state index contributed by atoms with van der Waals surface area (Å²) in [6.45, 7) is 1.98. The predicted molar refractivity (Wildman–Crippen MR) is 140 cm³/mol. The van der Waals surface area contributed by atoms with Gasteiger partial charge in [-0.3, -0.25) is 20.2 Å². The van der Waals surface area contributed by atoms with Crippen LogP contribution in [-0.4, -0.2) is 34.6 Å². The number of carbonyl (C=O) groups excluding carboxylic acids is 1. The summed E-state index contributed by atoms with van der Waals surface area (Å²) in [5, 5.41) is 17.7. The SMILES string of the molecule is CCOc1ccc(C(=O)NC(=S)Nc2cc(-c3nc4ccccc4s3)ccc2OC)cc1[N+](=O)[O-]. The predicted octanol–water partition coefficient (Wildman–Crippen LogP) is 5.41. The standard InChI is InChI=1S/C24H20N4O5S2/c1-3-33-20-11-8-14(13-18(20)28(30)31)22(29)27-24(34)26-17-12-15(9-10-19(17)32-2)23-25-16-6-4-5-7-21(16)35-23/h4-13H,3H2,1-2H3,(H2,26,27,29,34). The molecule has 0 atom stereocenters. The number of carbonyl (C=O) groups is 1. The smallest absolute Gasteiger partial charge is 0.311 e. The second-order valence-electron chi connectivity index (χ2n) is 7.18. The number of nitro groups is 1. The average molecular weight is 509 g/mol. The summed E-state index contributed by atoms with van der Waals surface area (Å²) >= 11 is 6.87. The molecule has 178 valence electrons. The third kappa shape index (κ3) is 5.36. The van der Waals surface area contributed by atoms with E-state index >= 15 is 0 Å². The van der Waals surface area contributed by atoms with E-state index in [0.29, 0.717) is 11.4 Å². The second kappa shape index (κ2) is 10.5. The number of ether oxygens (including phenoxy) is 2. The first kappa shape index (κ1) is 24.0. The third-order valence-corrected chi connectivity index (χ3v) is 6.22. The minimum Gasteiger partial charge on any atom is -0.495 e. The van der Waals surface area contributed by atoms with Gasteiger partial charge in [0, 0.05) is 17.2 Å². The number of fused-ring (bicyclic) bond motifs is 1. The van der Waals surface area contributed by atoms with Crippen molar-refractivity contribution in [3.63, 3.8) is 0 Å². The molecule has 0 unspecified atom stereocenters. The zero-order valence-electron chi connectivity index (χ0n) is 18.7. The lowest BCUT2D eigenvalue weighted by atomic mass is 10.1. The number of methoxy groups -OCH3 is 1. The first-order chi connectivity index (χ1) is 16.9. The average Bonchev–Trinajstić information content (AvgIpc) is 3.28.